The summed E-state index contributed by atoms with van der Waals surface area (Å²) in [6.07, 6.45) is 6.17. The maximum absolute atomic E-state index is 6.12. The SMILES string of the molecule is Cc1ccc(CN2Cc3cncn3C[C@@H](COCC3CCOCC3)C2)o1. The summed E-state index contributed by atoms with van der Waals surface area (Å²) in [5.41, 5.74) is 1.26. The third-order valence-corrected chi connectivity index (χ3v) is 5.38. The van der Waals surface area contributed by atoms with Crippen molar-refractivity contribution in [1.82, 2.24) is 14.5 Å². The van der Waals surface area contributed by atoms with Gasteiger partial charge in [0.25, 0.3) is 0 Å². The highest BCUT2D eigenvalue weighted by Gasteiger charge is 2.23. The lowest BCUT2D eigenvalue weighted by atomic mass is 10.0. The average Bonchev–Trinajstić information content (AvgIpc) is 3.21. The van der Waals surface area contributed by atoms with Crippen LogP contribution >= 0.6 is 0 Å². The predicted octanol–water partition coefficient (Wildman–Crippen LogP) is 2.86. The molecule has 1 fully saturated rings. The molecule has 1 atom stereocenters. The lowest BCUT2D eigenvalue weighted by Crippen LogP contribution is -2.30. The Hall–Kier alpha value is -1.63. The molecule has 0 unspecified atom stereocenters. The molecule has 0 saturated carbocycles. The fourth-order valence-corrected chi connectivity index (χ4v) is 3.97. The number of aryl methyl sites for hydroxylation is 1. The lowest BCUT2D eigenvalue weighted by molar-refractivity contribution is 0.00612. The minimum atomic E-state index is 0.460. The van der Waals surface area contributed by atoms with Crippen LogP contribution in [-0.4, -0.2) is 47.4 Å². The minimum absolute atomic E-state index is 0.460. The Morgan fingerprint density at radius 2 is 2.00 bits per heavy atom. The summed E-state index contributed by atoms with van der Waals surface area (Å²) in [7, 11) is 0. The van der Waals surface area contributed by atoms with Gasteiger partial charge in [-0.2, -0.15) is 0 Å². The fourth-order valence-electron chi connectivity index (χ4n) is 3.97. The van der Waals surface area contributed by atoms with Crippen molar-refractivity contribution in [1.29, 1.82) is 0 Å². The van der Waals surface area contributed by atoms with Crippen LogP contribution in [0, 0.1) is 18.8 Å². The zero-order valence-electron chi connectivity index (χ0n) is 15.6. The molecule has 2 aliphatic rings. The first-order valence-corrected chi connectivity index (χ1v) is 9.68. The summed E-state index contributed by atoms with van der Waals surface area (Å²) in [5, 5.41) is 0. The van der Waals surface area contributed by atoms with E-state index in [-0.39, 0.29) is 0 Å². The number of aromatic nitrogens is 2. The highest BCUT2D eigenvalue weighted by Crippen LogP contribution is 2.21. The molecule has 1 saturated heterocycles. The summed E-state index contributed by atoms with van der Waals surface area (Å²) < 4.78 is 19.6. The van der Waals surface area contributed by atoms with Gasteiger partial charge in [-0.15, -0.1) is 0 Å². The van der Waals surface area contributed by atoms with Crippen LogP contribution in [0.1, 0.15) is 30.1 Å². The van der Waals surface area contributed by atoms with Crippen LogP contribution in [0.3, 0.4) is 0 Å². The standard InChI is InChI=1S/C20H29N3O3/c1-16-2-3-20(26-16)12-22-9-18(10-23-15-21-8-19(23)11-22)14-25-13-17-4-6-24-7-5-17/h2-3,8,15,17-18H,4-7,9-14H2,1H3/t18-/m0/s1. The van der Waals surface area contributed by atoms with Gasteiger partial charge in [0.05, 0.1) is 25.2 Å². The summed E-state index contributed by atoms with van der Waals surface area (Å²) in [4.78, 5) is 6.78. The Morgan fingerprint density at radius 1 is 1.15 bits per heavy atom. The van der Waals surface area contributed by atoms with Crippen molar-refractivity contribution < 1.29 is 13.9 Å². The van der Waals surface area contributed by atoms with Crippen LogP contribution in [0.5, 0.6) is 0 Å². The maximum atomic E-state index is 6.12. The van der Waals surface area contributed by atoms with E-state index >= 15 is 0 Å². The van der Waals surface area contributed by atoms with E-state index in [0.717, 1.165) is 77.0 Å². The molecule has 0 aliphatic carbocycles. The summed E-state index contributed by atoms with van der Waals surface area (Å²) >= 11 is 0. The molecule has 6 nitrogen and oxygen atoms in total. The number of fused-ring (bicyclic) bond motifs is 1. The van der Waals surface area contributed by atoms with E-state index in [0.29, 0.717) is 11.8 Å². The molecule has 2 aromatic rings. The van der Waals surface area contributed by atoms with E-state index in [4.69, 9.17) is 13.9 Å². The van der Waals surface area contributed by atoms with Crippen molar-refractivity contribution in [2.45, 2.75) is 39.4 Å². The van der Waals surface area contributed by atoms with Gasteiger partial charge in [0.15, 0.2) is 0 Å². The van der Waals surface area contributed by atoms with E-state index in [1.54, 1.807) is 0 Å². The molecule has 142 valence electrons. The van der Waals surface area contributed by atoms with Crippen LogP contribution in [0.2, 0.25) is 0 Å². The largest absolute Gasteiger partial charge is 0.465 e. The second-order valence-electron chi connectivity index (χ2n) is 7.68. The van der Waals surface area contributed by atoms with Crippen molar-refractivity contribution in [2.24, 2.45) is 11.8 Å². The monoisotopic (exact) mass is 359 g/mol. The number of rotatable bonds is 6. The number of furan rings is 1. The van der Waals surface area contributed by atoms with E-state index < -0.39 is 0 Å². The molecular formula is C20H29N3O3. The first-order chi connectivity index (χ1) is 12.8. The number of imidazole rings is 1. The summed E-state index contributed by atoms with van der Waals surface area (Å²) in [5.74, 6) is 3.11. The molecule has 0 amide bonds. The highest BCUT2D eigenvalue weighted by atomic mass is 16.5. The minimum Gasteiger partial charge on any atom is -0.465 e. The third kappa shape index (κ3) is 4.55. The molecule has 0 aromatic carbocycles. The Bertz CT molecular complexity index is 690. The van der Waals surface area contributed by atoms with Crippen LogP contribution < -0.4 is 0 Å². The maximum Gasteiger partial charge on any atom is 0.118 e. The Balaban J connectivity index is 1.35. The van der Waals surface area contributed by atoms with Crippen molar-refractivity contribution in [3.63, 3.8) is 0 Å². The Kier molecular flexibility index (Phi) is 5.72. The van der Waals surface area contributed by atoms with E-state index in [1.807, 2.05) is 25.5 Å². The van der Waals surface area contributed by atoms with E-state index in [1.165, 1.54) is 5.69 Å². The molecule has 4 rings (SSSR count). The second-order valence-corrected chi connectivity index (χ2v) is 7.68. The quantitative estimate of drug-likeness (QED) is 0.794. The molecule has 6 heteroatoms. The molecule has 26 heavy (non-hydrogen) atoms. The van der Waals surface area contributed by atoms with Crippen molar-refractivity contribution in [3.05, 3.63) is 41.9 Å². The van der Waals surface area contributed by atoms with Gasteiger partial charge in [0.1, 0.15) is 11.5 Å². The van der Waals surface area contributed by atoms with Gasteiger partial charge in [-0.3, -0.25) is 4.90 Å². The Labute approximate surface area is 155 Å². The zero-order valence-corrected chi connectivity index (χ0v) is 15.6. The van der Waals surface area contributed by atoms with Gasteiger partial charge < -0.3 is 18.5 Å². The second kappa shape index (κ2) is 8.37. The first-order valence-electron chi connectivity index (χ1n) is 9.68. The van der Waals surface area contributed by atoms with Crippen LogP contribution in [0.15, 0.2) is 29.1 Å². The number of nitrogens with zero attached hydrogens (tertiary/aromatic N) is 3. The number of hydrogen-bond acceptors (Lipinski definition) is 5. The van der Waals surface area contributed by atoms with Crippen LogP contribution in [0.4, 0.5) is 0 Å². The molecule has 0 spiro atoms. The smallest absolute Gasteiger partial charge is 0.118 e. The van der Waals surface area contributed by atoms with Gasteiger partial charge in [0, 0.05) is 51.6 Å². The molecule has 0 N–H and O–H groups in total. The topological polar surface area (TPSA) is 52.7 Å². The molecule has 2 aromatic heterocycles. The summed E-state index contributed by atoms with van der Waals surface area (Å²) in [6.45, 7) is 9.11. The molecular weight excluding hydrogens is 330 g/mol. The van der Waals surface area contributed by atoms with Gasteiger partial charge in [-0.1, -0.05) is 0 Å². The van der Waals surface area contributed by atoms with Gasteiger partial charge >= 0.3 is 0 Å². The third-order valence-electron chi connectivity index (χ3n) is 5.38. The van der Waals surface area contributed by atoms with Crippen LogP contribution in [0.25, 0.3) is 0 Å². The molecule has 0 radical (unpaired) electrons. The molecule has 4 heterocycles. The van der Waals surface area contributed by atoms with E-state index in [2.05, 4.69) is 20.5 Å². The lowest BCUT2D eigenvalue weighted by Gasteiger charge is -2.25. The number of ether oxygens (including phenoxy) is 2. The highest BCUT2D eigenvalue weighted by molar-refractivity contribution is 5.07. The average molecular weight is 359 g/mol. The summed E-state index contributed by atoms with van der Waals surface area (Å²) in [6, 6.07) is 4.11. The normalized spacial score (nSPS) is 22.3. The molecule has 0 bridgehead atoms. The predicted molar refractivity (Wildman–Crippen MR) is 97.6 cm³/mol. The fraction of sp³-hybridized carbons (Fsp3) is 0.650. The van der Waals surface area contributed by atoms with Crippen molar-refractivity contribution in [2.75, 3.05) is 33.0 Å². The zero-order chi connectivity index (χ0) is 17.8. The first kappa shape index (κ1) is 17.8. The van der Waals surface area contributed by atoms with Gasteiger partial charge in [-0.25, -0.2) is 4.98 Å². The van der Waals surface area contributed by atoms with Gasteiger partial charge in [0.2, 0.25) is 0 Å². The molecule has 2 aliphatic heterocycles. The van der Waals surface area contributed by atoms with Crippen molar-refractivity contribution in [3.8, 4) is 0 Å². The van der Waals surface area contributed by atoms with Crippen molar-refractivity contribution >= 4 is 0 Å². The Morgan fingerprint density at radius 3 is 2.81 bits per heavy atom. The van der Waals surface area contributed by atoms with Crippen LogP contribution in [-0.2, 0) is 29.1 Å². The number of hydrogen-bond donors (Lipinski definition) is 0. The van der Waals surface area contributed by atoms with E-state index in [9.17, 15) is 0 Å². The van der Waals surface area contributed by atoms with Gasteiger partial charge in [-0.05, 0) is 37.8 Å².